The van der Waals surface area contributed by atoms with Crippen LogP contribution in [0.25, 0.3) is 0 Å². The fourth-order valence-electron chi connectivity index (χ4n) is 0.613. The van der Waals surface area contributed by atoms with E-state index in [4.69, 9.17) is 10.2 Å². The van der Waals surface area contributed by atoms with Gasteiger partial charge in [0, 0.05) is 6.42 Å². The summed E-state index contributed by atoms with van der Waals surface area (Å²) in [6, 6.07) is 3.78. The van der Waals surface area contributed by atoms with Crippen LogP contribution in [0.4, 0.5) is 0 Å². The molecule has 0 spiro atoms. The van der Waals surface area contributed by atoms with Gasteiger partial charge in [-0.2, -0.15) is 0 Å². The van der Waals surface area contributed by atoms with Crippen LogP contribution in [0.5, 0.6) is 0 Å². The van der Waals surface area contributed by atoms with Gasteiger partial charge in [0.2, 0.25) is 0 Å². The first-order chi connectivity index (χ1) is 4.43. The zero-order valence-corrected chi connectivity index (χ0v) is 5.08. The highest BCUT2D eigenvalue weighted by Crippen LogP contribution is 2.00. The van der Waals surface area contributed by atoms with E-state index < -0.39 is 0 Å². The second kappa shape index (κ2) is 2.97. The third-order valence-electron chi connectivity index (χ3n) is 1.04. The van der Waals surface area contributed by atoms with Gasteiger partial charge in [0.25, 0.3) is 0 Å². The van der Waals surface area contributed by atoms with E-state index >= 15 is 0 Å². The minimum absolute atomic E-state index is 0.781. The van der Waals surface area contributed by atoms with Crippen LogP contribution < -0.4 is 5.73 Å². The van der Waals surface area contributed by atoms with Crippen molar-refractivity contribution in [3.63, 3.8) is 0 Å². The Morgan fingerprint density at radius 3 is 3.11 bits per heavy atom. The van der Waals surface area contributed by atoms with Gasteiger partial charge in [0.1, 0.15) is 5.76 Å². The maximum absolute atomic E-state index is 5.12. The quantitative estimate of drug-likeness (QED) is 0.643. The molecule has 48 valence electrons. The maximum Gasteiger partial charge on any atom is 0.107 e. The molecule has 2 N–H and O–H groups in total. The smallest absolute Gasteiger partial charge is 0.107 e. The van der Waals surface area contributed by atoms with Crippen molar-refractivity contribution in [1.29, 1.82) is 0 Å². The normalized spacial score (nSPS) is 10.7. The van der Waals surface area contributed by atoms with E-state index in [0.29, 0.717) is 0 Å². The average Bonchev–Trinajstić information content (AvgIpc) is 2.34. The Morgan fingerprint density at radius 2 is 2.56 bits per heavy atom. The molecule has 0 atom stereocenters. The van der Waals surface area contributed by atoms with Crippen LogP contribution in [0.15, 0.2) is 35.1 Å². The summed E-state index contributed by atoms with van der Waals surface area (Å²) >= 11 is 0. The van der Waals surface area contributed by atoms with E-state index in [9.17, 15) is 0 Å². The molecule has 1 heterocycles. The molecule has 1 rings (SSSR count). The summed E-state index contributed by atoms with van der Waals surface area (Å²) < 4.78 is 5.03. The number of allylic oxidation sites excluding steroid dienone is 1. The lowest BCUT2D eigenvalue weighted by atomic mass is 10.3. The molecule has 0 aliphatic carbocycles. The van der Waals surface area contributed by atoms with E-state index in [2.05, 4.69) is 0 Å². The van der Waals surface area contributed by atoms with E-state index in [1.807, 2.05) is 18.2 Å². The first-order valence-electron chi connectivity index (χ1n) is 2.82. The molecule has 0 fully saturated rings. The predicted octanol–water partition coefficient (Wildman–Crippen LogP) is 1.29. The van der Waals surface area contributed by atoms with E-state index in [1.165, 1.54) is 6.20 Å². The Labute approximate surface area is 54.0 Å². The topological polar surface area (TPSA) is 39.2 Å². The van der Waals surface area contributed by atoms with Crippen molar-refractivity contribution >= 4 is 0 Å². The highest BCUT2D eigenvalue weighted by atomic mass is 16.3. The van der Waals surface area contributed by atoms with Gasteiger partial charge >= 0.3 is 0 Å². The number of hydrogen-bond acceptors (Lipinski definition) is 2. The zero-order chi connectivity index (χ0) is 6.53. The molecular weight excluding hydrogens is 114 g/mol. The minimum Gasteiger partial charge on any atom is -0.469 e. The Balaban J connectivity index is 2.48. The molecule has 0 radical (unpaired) electrons. The number of rotatable bonds is 2. The standard InChI is InChI=1S/C7H9NO/c8-5-1-3-7-4-2-6-9-7/h1-2,4-6H,3,8H2. The molecule has 0 saturated heterocycles. The minimum atomic E-state index is 0.781. The lowest BCUT2D eigenvalue weighted by molar-refractivity contribution is 0.523. The lowest BCUT2D eigenvalue weighted by Gasteiger charge is -1.83. The summed E-state index contributed by atoms with van der Waals surface area (Å²) in [7, 11) is 0. The fourth-order valence-corrected chi connectivity index (χ4v) is 0.613. The summed E-state index contributed by atoms with van der Waals surface area (Å²) in [5.74, 6) is 0.941. The second-order valence-corrected chi connectivity index (χ2v) is 1.71. The molecule has 0 unspecified atom stereocenters. The fraction of sp³-hybridized carbons (Fsp3) is 0.143. The molecule has 0 aromatic carbocycles. The van der Waals surface area contributed by atoms with Gasteiger partial charge in [-0.1, -0.05) is 6.08 Å². The maximum atomic E-state index is 5.12. The Hall–Kier alpha value is -1.18. The third-order valence-corrected chi connectivity index (χ3v) is 1.04. The molecular formula is C7H9NO. The van der Waals surface area contributed by atoms with Gasteiger partial charge in [-0.25, -0.2) is 0 Å². The van der Waals surface area contributed by atoms with Crippen LogP contribution in [0.1, 0.15) is 5.76 Å². The summed E-state index contributed by atoms with van der Waals surface area (Å²) in [5, 5.41) is 0. The van der Waals surface area contributed by atoms with Crippen LogP contribution in [0, 0.1) is 0 Å². The van der Waals surface area contributed by atoms with Crippen LogP contribution in [0.3, 0.4) is 0 Å². The zero-order valence-electron chi connectivity index (χ0n) is 5.08. The molecule has 0 saturated carbocycles. The average molecular weight is 123 g/mol. The highest BCUT2D eigenvalue weighted by molar-refractivity contribution is 5.02. The molecule has 2 nitrogen and oxygen atoms in total. The van der Waals surface area contributed by atoms with Crippen LogP contribution in [0.2, 0.25) is 0 Å². The van der Waals surface area contributed by atoms with Gasteiger partial charge in [0.05, 0.1) is 6.26 Å². The molecule has 0 bridgehead atoms. The molecule has 0 aliphatic heterocycles. The van der Waals surface area contributed by atoms with E-state index in [-0.39, 0.29) is 0 Å². The molecule has 1 aromatic heterocycles. The monoisotopic (exact) mass is 123 g/mol. The molecule has 1 aromatic rings. The lowest BCUT2D eigenvalue weighted by Crippen LogP contribution is -1.79. The van der Waals surface area contributed by atoms with Crippen LogP contribution in [-0.2, 0) is 6.42 Å². The molecule has 0 amide bonds. The van der Waals surface area contributed by atoms with Crippen molar-refractivity contribution in [2.45, 2.75) is 6.42 Å². The molecule has 2 heteroatoms. The van der Waals surface area contributed by atoms with Gasteiger partial charge in [-0.3, -0.25) is 0 Å². The second-order valence-electron chi connectivity index (χ2n) is 1.71. The largest absolute Gasteiger partial charge is 0.469 e. The Morgan fingerprint density at radius 1 is 1.67 bits per heavy atom. The van der Waals surface area contributed by atoms with Crippen molar-refractivity contribution in [1.82, 2.24) is 0 Å². The Kier molecular flexibility index (Phi) is 1.96. The highest BCUT2D eigenvalue weighted by Gasteiger charge is 1.87. The van der Waals surface area contributed by atoms with Crippen molar-refractivity contribution in [3.05, 3.63) is 36.4 Å². The van der Waals surface area contributed by atoms with E-state index in [0.717, 1.165) is 12.2 Å². The third kappa shape index (κ3) is 1.64. The SMILES string of the molecule is NC=CCc1ccco1. The van der Waals surface area contributed by atoms with Gasteiger partial charge in [0.15, 0.2) is 0 Å². The van der Waals surface area contributed by atoms with E-state index in [1.54, 1.807) is 6.26 Å². The summed E-state index contributed by atoms with van der Waals surface area (Å²) in [5.41, 5.74) is 5.12. The number of nitrogens with two attached hydrogens (primary N) is 1. The van der Waals surface area contributed by atoms with Crippen molar-refractivity contribution in [2.75, 3.05) is 0 Å². The Bertz CT molecular complexity index is 177. The predicted molar refractivity (Wildman–Crippen MR) is 35.7 cm³/mol. The summed E-state index contributed by atoms with van der Waals surface area (Å²) in [4.78, 5) is 0. The van der Waals surface area contributed by atoms with Gasteiger partial charge in [-0.15, -0.1) is 0 Å². The number of hydrogen-bond donors (Lipinski definition) is 1. The number of furan rings is 1. The van der Waals surface area contributed by atoms with Crippen molar-refractivity contribution in [2.24, 2.45) is 5.73 Å². The van der Waals surface area contributed by atoms with Gasteiger partial charge in [-0.05, 0) is 18.3 Å². The summed E-state index contributed by atoms with van der Waals surface area (Å²) in [6.07, 6.45) is 5.80. The van der Waals surface area contributed by atoms with Crippen LogP contribution >= 0.6 is 0 Å². The molecule has 0 aliphatic rings. The van der Waals surface area contributed by atoms with Gasteiger partial charge < -0.3 is 10.2 Å². The summed E-state index contributed by atoms with van der Waals surface area (Å²) in [6.45, 7) is 0. The van der Waals surface area contributed by atoms with Crippen LogP contribution in [-0.4, -0.2) is 0 Å². The first kappa shape index (κ1) is 5.95. The molecule has 9 heavy (non-hydrogen) atoms. The first-order valence-corrected chi connectivity index (χ1v) is 2.82. The van der Waals surface area contributed by atoms with Crippen molar-refractivity contribution in [3.8, 4) is 0 Å². The van der Waals surface area contributed by atoms with Crippen molar-refractivity contribution < 1.29 is 4.42 Å².